The fourth-order valence-corrected chi connectivity index (χ4v) is 3.68. The summed E-state index contributed by atoms with van der Waals surface area (Å²) in [5.74, 6) is 1.94. The molecule has 1 aromatic carbocycles. The van der Waals surface area contributed by atoms with Gasteiger partial charge in [0.2, 0.25) is 11.8 Å². The van der Waals surface area contributed by atoms with Gasteiger partial charge in [0.1, 0.15) is 0 Å². The lowest BCUT2D eigenvalue weighted by Gasteiger charge is -2.32. The van der Waals surface area contributed by atoms with Crippen LogP contribution in [0.4, 0.5) is 0 Å². The molecule has 2 atom stereocenters. The predicted molar refractivity (Wildman–Crippen MR) is 96.0 cm³/mol. The summed E-state index contributed by atoms with van der Waals surface area (Å²) in [5.41, 5.74) is 1.36. The summed E-state index contributed by atoms with van der Waals surface area (Å²) in [6.45, 7) is 1.80. The molecule has 0 unspecified atom stereocenters. The van der Waals surface area contributed by atoms with E-state index in [4.69, 9.17) is 4.52 Å². The van der Waals surface area contributed by atoms with Crippen LogP contribution in [0.1, 0.15) is 55.8 Å². The molecule has 1 heterocycles. The molecule has 3 rings (SSSR count). The second-order valence-electron chi connectivity index (χ2n) is 7.00. The van der Waals surface area contributed by atoms with Crippen LogP contribution in [0.3, 0.4) is 0 Å². The van der Waals surface area contributed by atoms with Crippen molar-refractivity contribution in [2.45, 2.75) is 64.3 Å². The Balaban J connectivity index is 1.46. The van der Waals surface area contributed by atoms with Gasteiger partial charge in [-0.25, -0.2) is 0 Å². The average molecular weight is 341 g/mol. The Bertz CT molecular complexity index is 669. The van der Waals surface area contributed by atoms with Crippen LogP contribution in [0.5, 0.6) is 0 Å². The van der Waals surface area contributed by atoms with Crippen LogP contribution in [0.2, 0.25) is 0 Å². The van der Waals surface area contributed by atoms with Crippen LogP contribution in [0.25, 0.3) is 0 Å². The monoisotopic (exact) mass is 341 g/mol. The summed E-state index contributed by atoms with van der Waals surface area (Å²) in [6, 6.07) is 10.9. The first-order valence-electron chi connectivity index (χ1n) is 9.33. The zero-order valence-corrected chi connectivity index (χ0v) is 14.9. The quantitative estimate of drug-likeness (QED) is 0.835. The Morgan fingerprint density at radius 3 is 2.80 bits per heavy atom. The SMILES string of the molecule is Cc1noc(CCCC(=O)N[C@@H]2CCCC[C@@H]2Cc2ccccc2)n1. The number of rotatable bonds is 7. The first-order valence-corrected chi connectivity index (χ1v) is 9.33. The smallest absolute Gasteiger partial charge is 0.226 e. The second kappa shape index (κ2) is 8.79. The first kappa shape index (κ1) is 17.6. The van der Waals surface area contributed by atoms with Crippen LogP contribution >= 0.6 is 0 Å². The number of benzene rings is 1. The third kappa shape index (κ3) is 5.41. The summed E-state index contributed by atoms with van der Waals surface area (Å²) in [7, 11) is 0. The number of carbonyl (C=O) groups is 1. The van der Waals surface area contributed by atoms with Gasteiger partial charge in [0.25, 0.3) is 0 Å². The van der Waals surface area contributed by atoms with Gasteiger partial charge in [-0.2, -0.15) is 4.98 Å². The highest BCUT2D eigenvalue weighted by Crippen LogP contribution is 2.27. The number of nitrogens with zero attached hydrogens (tertiary/aromatic N) is 2. The third-order valence-corrected chi connectivity index (χ3v) is 4.96. The van der Waals surface area contributed by atoms with Crippen molar-refractivity contribution in [2.75, 3.05) is 0 Å². The van der Waals surface area contributed by atoms with Crippen molar-refractivity contribution in [3.05, 3.63) is 47.6 Å². The van der Waals surface area contributed by atoms with Crippen LogP contribution in [-0.4, -0.2) is 22.1 Å². The molecule has 1 amide bonds. The first-order chi connectivity index (χ1) is 12.2. The molecule has 5 nitrogen and oxygen atoms in total. The summed E-state index contributed by atoms with van der Waals surface area (Å²) in [6.07, 6.45) is 7.71. The van der Waals surface area contributed by atoms with Gasteiger partial charge in [-0.1, -0.05) is 48.3 Å². The molecule has 0 bridgehead atoms. The van der Waals surface area contributed by atoms with Crippen molar-refractivity contribution in [3.63, 3.8) is 0 Å². The van der Waals surface area contributed by atoms with E-state index in [-0.39, 0.29) is 5.91 Å². The number of hydrogen-bond acceptors (Lipinski definition) is 4. The van der Waals surface area contributed by atoms with Crippen molar-refractivity contribution in [2.24, 2.45) is 5.92 Å². The van der Waals surface area contributed by atoms with Gasteiger partial charge < -0.3 is 9.84 Å². The lowest BCUT2D eigenvalue weighted by molar-refractivity contribution is -0.122. The van der Waals surface area contributed by atoms with Crippen molar-refractivity contribution in [1.82, 2.24) is 15.5 Å². The lowest BCUT2D eigenvalue weighted by atomic mass is 9.80. The Hall–Kier alpha value is -2.17. The normalized spacial score (nSPS) is 20.4. The molecule has 0 spiro atoms. The standard InChI is InChI=1S/C20H27N3O2/c1-15-21-20(25-23-15)13-7-12-19(24)22-18-11-6-5-10-17(18)14-16-8-3-2-4-9-16/h2-4,8-9,17-18H,5-7,10-14H2,1H3,(H,22,24)/t17-,18-/m1/s1. The third-order valence-electron chi connectivity index (χ3n) is 4.96. The van der Waals surface area contributed by atoms with Gasteiger partial charge >= 0.3 is 0 Å². The number of hydrogen-bond donors (Lipinski definition) is 1. The van der Waals surface area contributed by atoms with E-state index in [1.807, 2.05) is 0 Å². The molecule has 0 radical (unpaired) electrons. The molecular weight excluding hydrogens is 314 g/mol. The number of amides is 1. The molecule has 25 heavy (non-hydrogen) atoms. The van der Waals surface area contributed by atoms with Crippen molar-refractivity contribution in [1.29, 1.82) is 0 Å². The van der Waals surface area contributed by atoms with Crippen molar-refractivity contribution >= 4 is 5.91 Å². The molecule has 1 aliphatic rings. The minimum Gasteiger partial charge on any atom is -0.353 e. The van der Waals surface area contributed by atoms with Gasteiger partial charge in [-0.3, -0.25) is 4.79 Å². The molecule has 1 saturated carbocycles. The minimum atomic E-state index is 0.140. The summed E-state index contributed by atoms with van der Waals surface area (Å²) >= 11 is 0. The number of nitrogens with one attached hydrogen (secondary N) is 1. The van der Waals surface area contributed by atoms with Gasteiger partial charge in [0, 0.05) is 18.9 Å². The zero-order chi connectivity index (χ0) is 17.5. The number of aryl methyl sites for hydroxylation is 2. The maximum absolute atomic E-state index is 12.3. The number of carbonyl (C=O) groups excluding carboxylic acids is 1. The summed E-state index contributed by atoms with van der Waals surface area (Å²) < 4.78 is 5.09. The molecule has 1 N–H and O–H groups in total. The highest BCUT2D eigenvalue weighted by atomic mass is 16.5. The van der Waals surface area contributed by atoms with E-state index in [0.717, 1.165) is 19.3 Å². The van der Waals surface area contributed by atoms with Crippen LogP contribution in [-0.2, 0) is 17.6 Å². The van der Waals surface area contributed by atoms with Gasteiger partial charge in [0.15, 0.2) is 5.82 Å². The second-order valence-corrected chi connectivity index (χ2v) is 7.00. The molecule has 1 aromatic heterocycles. The molecular formula is C20H27N3O2. The van der Waals surface area contributed by atoms with E-state index in [0.29, 0.717) is 36.5 Å². The summed E-state index contributed by atoms with van der Waals surface area (Å²) in [5, 5.41) is 7.05. The van der Waals surface area contributed by atoms with E-state index in [9.17, 15) is 4.79 Å². The predicted octanol–water partition coefficient (Wildman–Crippen LogP) is 3.62. The van der Waals surface area contributed by atoms with Crippen LogP contribution < -0.4 is 5.32 Å². The van der Waals surface area contributed by atoms with E-state index >= 15 is 0 Å². The zero-order valence-electron chi connectivity index (χ0n) is 14.9. The van der Waals surface area contributed by atoms with Crippen molar-refractivity contribution in [3.8, 4) is 0 Å². The Labute approximate surface area is 149 Å². The molecule has 2 aromatic rings. The largest absolute Gasteiger partial charge is 0.353 e. The Morgan fingerprint density at radius 1 is 1.24 bits per heavy atom. The Kier molecular flexibility index (Phi) is 6.20. The molecule has 1 aliphatic carbocycles. The van der Waals surface area contributed by atoms with Crippen LogP contribution in [0, 0.1) is 12.8 Å². The van der Waals surface area contributed by atoms with E-state index < -0.39 is 0 Å². The highest BCUT2D eigenvalue weighted by molar-refractivity contribution is 5.76. The van der Waals surface area contributed by atoms with Gasteiger partial charge in [-0.15, -0.1) is 0 Å². The highest BCUT2D eigenvalue weighted by Gasteiger charge is 2.26. The topological polar surface area (TPSA) is 68.0 Å². The number of aromatic nitrogens is 2. The Morgan fingerprint density at radius 2 is 2.04 bits per heavy atom. The van der Waals surface area contributed by atoms with E-state index in [1.165, 1.54) is 24.8 Å². The maximum atomic E-state index is 12.3. The van der Waals surface area contributed by atoms with Crippen molar-refractivity contribution < 1.29 is 9.32 Å². The molecule has 134 valence electrons. The van der Waals surface area contributed by atoms with E-state index in [1.54, 1.807) is 6.92 Å². The fourth-order valence-electron chi connectivity index (χ4n) is 3.68. The van der Waals surface area contributed by atoms with Gasteiger partial charge in [0.05, 0.1) is 0 Å². The molecule has 0 aliphatic heterocycles. The van der Waals surface area contributed by atoms with E-state index in [2.05, 4.69) is 45.8 Å². The molecule has 1 fully saturated rings. The maximum Gasteiger partial charge on any atom is 0.226 e. The fraction of sp³-hybridized carbons (Fsp3) is 0.550. The molecule has 0 saturated heterocycles. The van der Waals surface area contributed by atoms with Crippen LogP contribution in [0.15, 0.2) is 34.9 Å². The van der Waals surface area contributed by atoms with Gasteiger partial charge in [-0.05, 0) is 44.1 Å². The average Bonchev–Trinajstić information content (AvgIpc) is 3.03. The summed E-state index contributed by atoms with van der Waals surface area (Å²) in [4.78, 5) is 16.5. The lowest BCUT2D eigenvalue weighted by Crippen LogP contribution is -2.42. The minimum absolute atomic E-state index is 0.140. The molecule has 5 heteroatoms.